The molecular formula is C27H38N6O2. The summed E-state index contributed by atoms with van der Waals surface area (Å²) in [6.07, 6.45) is 1.07. The number of benzene rings is 2. The number of anilines is 1. The van der Waals surface area contributed by atoms with E-state index in [1.807, 2.05) is 25.1 Å². The number of ether oxygens (including phenoxy) is 1. The fourth-order valence-electron chi connectivity index (χ4n) is 4.54. The number of rotatable bonds is 11. The smallest absolute Gasteiger partial charge is 0.186 e. The van der Waals surface area contributed by atoms with Crippen LogP contribution in [0, 0.1) is 6.92 Å². The van der Waals surface area contributed by atoms with E-state index in [9.17, 15) is 0 Å². The van der Waals surface area contributed by atoms with E-state index in [2.05, 4.69) is 58.4 Å². The highest BCUT2D eigenvalue weighted by Crippen LogP contribution is 2.22. The van der Waals surface area contributed by atoms with Gasteiger partial charge in [0.05, 0.1) is 12.1 Å². The van der Waals surface area contributed by atoms with Crippen LogP contribution in [-0.4, -0.2) is 89.9 Å². The first kappa shape index (κ1) is 25.3. The summed E-state index contributed by atoms with van der Waals surface area (Å²) in [6.45, 7) is 9.35. The summed E-state index contributed by atoms with van der Waals surface area (Å²) in [5.41, 5.74) is 3.31. The van der Waals surface area contributed by atoms with Gasteiger partial charge in [0.1, 0.15) is 17.4 Å². The Morgan fingerprint density at radius 1 is 1.00 bits per heavy atom. The molecule has 8 heteroatoms. The van der Waals surface area contributed by atoms with Gasteiger partial charge >= 0.3 is 0 Å². The second kappa shape index (κ2) is 12.3. The van der Waals surface area contributed by atoms with Gasteiger partial charge in [0.2, 0.25) is 0 Å². The van der Waals surface area contributed by atoms with E-state index < -0.39 is 0 Å². The second-order valence-electron chi connectivity index (χ2n) is 9.51. The van der Waals surface area contributed by atoms with Gasteiger partial charge in [0.25, 0.3) is 0 Å². The minimum absolute atomic E-state index is 0.295. The Balaban J connectivity index is 1.34. The van der Waals surface area contributed by atoms with Crippen LogP contribution in [0.2, 0.25) is 0 Å². The average Bonchev–Trinajstić information content (AvgIpc) is 2.84. The highest BCUT2D eigenvalue weighted by molar-refractivity contribution is 5.88. The molecule has 188 valence electrons. The number of nitrogens with zero attached hydrogens (tertiary/aromatic N) is 5. The molecule has 0 radical (unpaired) electrons. The predicted octanol–water partition coefficient (Wildman–Crippen LogP) is 2.95. The first-order valence-electron chi connectivity index (χ1n) is 12.4. The summed E-state index contributed by atoms with van der Waals surface area (Å²) in [5.74, 6) is 2.55. The van der Waals surface area contributed by atoms with Crippen molar-refractivity contribution >= 4 is 16.7 Å². The van der Waals surface area contributed by atoms with Crippen LogP contribution in [0.15, 0.2) is 42.5 Å². The molecule has 2 heterocycles. The van der Waals surface area contributed by atoms with Crippen LogP contribution in [0.4, 0.5) is 5.82 Å². The predicted molar refractivity (Wildman–Crippen MR) is 141 cm³/mol. The number of nitrogens with one attached hydrogen (secondary N) is 1. The molecule has 0 atom stereocenters. The van der Waals surface area contributed by atoms with Crippen LogP contribution in [0.1, 0.15) is 23.4 Å². The zero-order chi connectivity index (χ0) is 24.6. The molecule has 0 aliphatic carbocycles. The Bertz CT molecular complexity index is 1100. The summed E-state index contributed by atoms with van der Waals surface area (Å²) in [4.78, 5) is 16.9. The molecule has 8 nitrogen and oxygen atoms in total. The number of aliphatic hydroxyl groups excluding tert-OH is 1. The van der Waals surface area contributed by atoms with Gasteiger partial charge in [-0.3, -0.25) is 9.80 Å². The van der Waals surface area contributed by atoms with Crippen molar-refractivity contribution in [3.05, 3.63) is 59.4 Å². The molecule has 1 aliphatic rings. The number of aryl methyl sites for hydroxylation is 1. The Labute approximate surface area is 208 Å². The van der Waals surface area contributed by atoms with Crippen LogP contribution in [-0.2, 0) is 13.1 Å². The zero-order valence-electron chi connectivity index (χ0n) is 21.2. The summed E-state index contributed by atoms with van der Waals surface area (Å²) in [5, 5.41) is 13.6. The first-order chi connectivity index (χ1) is 17.0. The van der Waals surface area contributed by atoms with Gasteiger partial charge in [-0.05, 0) is 63.3 Å². The molecule has 0 amide bonds. The lowest BCUT2D eigenvalue weighted by atomic mass is 10.1. The highest BCUT2D eigenvalue weighted by atomic mass is 16.6. The van der Waals surface area contributed by atoms with Crippen molar-refractivity contribution in [1.29, 1.82) is 0 Å². The van der Waals surface area contributed by atoms with E-state index in [0.29, 0.717) is 0 Å². The highest BCUT2D eigenvalue weighted by Gasteiger charge is 2.19. The largest absolute Gasteiger partial charge is 0.467 e. The monoisotopic (exact) mass is 478 g/mol. The molecule has 35 heavy (non-hydrogen) atoms. The number of piperazine rings is 1. The van der Waals surface area contributed by atoms with Crippen LogP contribution < -0.4 is 10.1 Å². The standard InChI is InChI=1S/C27H38N6O2/c1-21-17-22(9-10-25(21)35-20-34)18-32-13-15-33(16-14-32)19-26-29-24-8-5-4-7-23(24)27(30-26)28-11-6-12-31(2)3/h4-5,7-10,17,34H,6,11-16,18-20H2,1-3H3,(H,28,29,30). The lowest BCUT2D eigenvalue weighted by Gasteiger charge is -2.34. The number of hydrogen-bond acceptors (Lipinski definition) is 8. The van der Waals surface area contributed by atoms with Crippen LogP contribution in [0.3, 0.4) is 0 Å². The van der Waals surface area contributed by atoms with E-state index >= 15 is 0 Å². The Hall–Kier alpha value is -2.78. The van der Waals surface area contributed by atoms with E-state index in [1.165, 1.54) is 5.56 Å². The normalized spacial score (nSPS) is 15.1. The van der Waals surface area contributed by atoms with Gasteiger partial charge in [-0.25, -0.2) is 9.97 Å². The maximum atomic E-state index is 8.99. The van der Waals surface area contributed by atoms with Crippen LogP contribution >= 0.6 is 0 Å². The second-order valence-corrected chi connectivity index (χ2v) is 9.51. The molecule has 1 fully saturated rings. The summed E-state index contributed by atoms with van der Waals surface area (Å²) in [7, 11) is 4.20. The van der Waals surface area contributed by atoms with Crippen molar-refractivity contribution in [3.63, 3.8) is 0 Å². The van der Waals surface area contributed by atoms with Crippen molar-refractivity contribution in [2.24, 2.45) is 0 Å². The quantitative estimate of drug-likeness (QED) is 0.322. The number of fused-ring (bicyclic) bond motifs is 1. The van der Waals surface area contributed by atoms with Crippen LogP contribution in [0.5, 0.6) is 5.75 Å². The molecule has 0 saturated carbocycles. The van der Waals surface area contributed by atoms with Gasteiger partial charge in [-0.1, -0.05) is 24.3 Å². The van der Waals surface area contributed by atoms with E-state index in [1.54, 1.807) is 0 Å². The fraction of sp³-hybridized carbons (Fsp3) is 0.481. The molecule has 2 aromatic carbocycles. The fourth-order valence-corrected chi connectivity index (χ4v) is 4.54. The summed E-state index contributed by atoms with van der Waals surface area (Å²) < 4.78 is 5.24. The molecule has 1 aromatic heterocycles. The van der Waals surface area contributed by atoms with Crippen LogP contribution in [0.25, 0.3) is 10.9 Å². The average molecular weight is 479 g/mol. The molecule has 0 spiro atoms. The molecule has 1 saturated heterocycles. The Morgan fingerprint density at radius 3 is 2.46 bits per heavy atom. The molecule has 0 bridgehead atoms. The van der Waals surface area contributed by atoms with Crippen molar-refractivity contribution in [2.45, 2.75) is 26.4 Å². The van der Waals surface area contributed by atoms with E-state index in [0.717, 1.165) is 92.6 Å². The number of hydrogen-bond donors (Lipinski definition) is 2. The summed E-state index contributed by atoms with van der Waals surface area (Å²) >= 11 is 0. The van der Waals surface area contributed by atoms with Crippen molar-refractivity contribution < 1.29 is 9.84 Å². The minimum Gasteiger partial charge on any atom is -0.467 e. The Kier molecular flexibility index (Phi) is 8.87. The number of aliphatic hydroxyl groups is 1. The molecule has 1 aliphatic heterocycles. The Morgan fingerprint density at radius 2 is 1.74 bits per heavy atom. The van der Waals surface area contributed by atoms with Gasteiger partial charge in [-0.2, -0.15) is 0 Å². The van der Waals surface area contributed by atoms with E-state index in [-0.39, 0.29) is 6.79 Å². The molecule has 2 N–H and O–H groups in total. The van der Waals surface area contributed by atoms with Gasteiger partial charge < -0.3 is 20.1 Å². The molecular weight excluding hydrogens is 440 g/mol. The van der Waals surface area contributed by atoms with Crippen molar-refractivity contribution in [1.82, 2.24) is 24.7 Å². The van der Waals surface area contributed by atoms with Gasteiger partial charge in [-0.15, -0.1) is 0 Å². The van der Waals surface area contributed by atoms with Gasteiger partial charge in [0, 0.05) is 44.7 Å². The third kappa shape index (κ3) is 7.11. The molecule has 4 rings (SSSR count). The maximum absolute atomic E-state index is 8.99. The zero-order valence-corrected chi connectivity index (χ0v) is 21.2. The number of para-hydroxylation sites is 1. The van der Waals surface area contributed by atoms with Crippen molar-refractivity contribution in [3.8, 4) is 5.75 Å². The lowest BCUT2D eigenvalue weighted by Crippen LogP contribution is -2.45. The third-order valence-electron chi connectivity index (χ3n) is 6.42. The number of aromatic nitrogens is 2. The maximum Gasteiger partial charge on any atom is 0.186 e. The first-order valence-corrected chi connectivity index (χ1v) is 12.4. The molecule has 0 unspecified atom stereocenters. The lowest BCUT2D eigenvalue weighted by molar-refractivity contribution is 0.0977. The topological polar surface area (TPSA) is 77.0 Å². The molecule has 3 aromatic rings. The van der Waals surface area contributed by atoms with Crippen molar-refractivity contribution in [2.75, 3.05) is 65.5 Å². The summed E-state index contributed by atoms with van der Waals surface area (Å²) in [6, 6.07) is 14.4. The van der Waals surface area contributed by atoms with E-state index in [4.69, 9.17) is 19.8 Å². The SMILES string of the molecule is Cc1cc(CN2CCN(Cc3nc(NCCCN(C)C)c4ccccc4n3)CC2)ccc1OCO. The third-order valence-corrected chi connectivity index (χ3v) is 6.42. The van der Waals surface area contributed by atoms with Gasteiger partial charge in [0.15, 0.2) is 6.79 Å². The minimum atomic E-state index is -0.295.